The van der Waals surface area contributed by atoms with Crippen LogP contribution in [0.3, 0.4) is 0 Å². The fraction of sp³-hybridized carbons (Fsp3) is 0.950. The number of halogens is 1. The van der Waals surface area contributed by atoms with E-state index in [1.165, 1.54) is 32.1 Å². The number of nitrogens with zero attached hydrogens (tertiary/aromatic N) is 2. The molecule has 1 aliphatic rings. The molecule has 1 unspecified atom stereocenters. The lowest BCUT2D eigenvalue weighted by Crippen LogP contribution is -2.43. The third-order valence-corrected chi connectivity index (χ3v) is 5.15. The summed E-state index contributed by atoms with van der Waals surface area (Å²) in [6.07, 6.45) is 8.83. The third kappa shape index (κ3) is 11.6. The summed E-state index contributed by atoms with van der Waals surface area (Å²) in [5, 5.41) is 16.1. The zero-order chi connectivity index (χ0) is 18.5. The van der Waals surface area contributed by atoms with Crippen molar-refractivity contribution in [1.29, 1.82) is 0 Å². The third-order valence-electron chi connectivity index (χ3n) is 5.15. The number of rotatable bonds is 11. The molecule has 1 atom stereocenters. The molecule has 0 amide bonds. The maximum atomic E-state index is 9.26. The van der Waals surface area contributed by atoms with Gasteiger partial charge in [0, 0.05) is 38.8 Å². The van der Waals surface area contributed by atoms with Crippen LogP contribution in [0.5, 0.6) is 0 Å². The molecule has 0 bridgehead atoms. The molecule has 1 rings (SSSR count). The van der Waals surface area contributed by atoms with Crippen LogP contribution in [0.1, 0.15) is 65.7 Å². The number of aliphatic hydroxyl groups is 1. The Labute approximate surface area is 178 Å². The van der Waals surface area contributed by atoms with Crippen LogP contribution in [0.4, 0.5) is 0 Å². The number of likely N-dealkylation sites (N-methyl/N-ethyl adjacent to an activating group) is 1. The van der Waals surface area contributed by atoms with Gasteiger partial charge in [0.15, 0.2) is 5.96 Å². The average Bonchev–Trinajstić information content (AvgIpc) is 2.59. The van der Waals surface area contributed by atoms with Gasteiger partial charge in [-0.05, 0) is 51.5 Å². The fourth-order valence-electron chi connectivity index (χ4n) is 3.75. The zero-order valence-corrected chi connectivity index (χ0v) is 19.8. The van der Waals surface area contributed by atoms with E-state index >= 15 is 0 Å². The number of aliphatic imine (C=N–C) groups is 1. The van der Waals surface area contributed by atoms with Gasteiger partial charge in [0.05, 0.1) is 0 Å². The molecule has 0 aliphatic heterocycles. The summed E-state index contributed by atoms with van der Waals surface area (Å²) in [6, 6.07) is 0.759. The van der Waals surface area contributed by atoms with E-state index < -0.39 is 0 Å². The molecule has 0 aromatic rings. The molecule has 156 valence electrons. The predicted molar refractivity (Wildman–Crippen MR) is 124 cm³/mol. The zero-order valence-electron chi connectivity index (χ0n) is 17.5. The Balaban J connectivity index is 0.00000625. The summed E-state index contributed by atoms with van der Waals surface area (Å²) in [6.45, 7) is 10.5. The molecule has 0 heterocycles. The summed E-state index contributed by atoms with van der Waals surface area (Å²) in [7, 11) is 2.25. The first-order chi connectivity index (χ1) is 12.1. The molecule has 26 heavy (non-hydrogen) atoms. The smallest absolute Gasteiger partial charge is 0.191 e. The summed E-state index contributed by atoms with van der Waals surface area (Å²) in [5.74, 6) is 2.02. The number of nitrogens with one attached hydrogen (secondary N) is 2. The standard InChI is InChI=1S/C20H42N4O.HI/c1-5-21-20(23-16-18(11-14-25)15-17(2)3)22-12-13-24(4)19-9-7-6-8-10-19;/h17-19,25H,5-16H2,1-4H3,(H2,21,22,23);1H. The van der Waals surface area contributed by atoms with Crippen LogP contribution in [0.25, 0.3) is 0 Å². The highest BCUT2D eigenvalue weighted by molar-refractivity contribution is 14.0. The predicted octanol–water partition coefficient (Wildman–Crippen LogP) is 3.47. The second kappa shape index (κ2) is 15.9. The Morgan fingerprint density at radius 1 is 1.19 bits per heavy atom. The van der Waals surface area contributed by atoms with E-state index in [1.54, 1.807) is 0 Å². The van der Waals surface area contributed by atoms with Crippen LogP contribution in [0.15, 0.2) is 4.99 Å². The van der Waals surface area contributed by atoms with Crippen molar-refractivity contribution < 1.29 is 5.11 Å². The van der Waals surface area contributed by atoms with E-state index in [4.69, 9.17) is 4.99 Å². The van der Waals surface area contributed by atoms with Gasteiger partial charge in [-0.1, -0.05) is 33.1 Å². The van der Waals surface area contributed by atoms with Crippen molar-refractivity contribution in [1.82, 2.24) is 15.5 Å². The lowest BCUT2D eigenvalue weighted by Gasteiger charge is -2.31. The molecular formula is C20H43IN4O. The van der Waals surface area contributed by atoms with Gasteiger partial charge in [-0.25, -0.2) is 0 Å². The molecule has 1 fully saturated rings. The minimum Gasteiger partial charge on any atom is -0.396 e. The van der Waals surface area contributed by atoms with Gasteiger partial charge in [-0.15, -0.1) is 24.0 Å². The second-order valence-corrected chi connectivity index (χ2v) is 7.93. The van der Waals surface area contributed by atoms with E-state index in [-0.39, 0.29) is 30.6 Å². The van der Waals surface area contributed by atoms with Crippen LogP contribution in [-0.4, -0.2) is 61.8 Å². The van der Waals surface area contributed by atoms with Crippen molar-refractivity contribution in [2.75, 3.05) is 39.8 Å². The topological polar surface area (TPSA) is 59.9 Å². The molecule has 0 saturated heterocycles. The summed E-state index contributed by atoms with van der Waals surface area (Å²) in [5.41, 5.74) is 0. The van der Waals surface area contributed by atoms with Crippen LogP contribution >= 0.6 is 24.0 Å². The maximum Gasteiger partial charge on any atom is 0.191 e. The number of hydrogen-bond donors (Lipinski definition) is 3. The largest absolute Gasteiger partial charge is 0.396 e. The first-order valence-electron chi connectivity index (χ1n) is 10.4. The van der Waals surface area contributed by atoms with Gasteiger partial charge in [0.25, 0.3) is 0 Å². The summed E-state index contributed by atoms with van der Waals surface area (Å²) >= 11 is 0. The van der Waals surface area contributed by atoms with Crippen LogP contribution in [-0.2, 0) is 0 Å². The highest BCUT2D eigenvalue weighted by Gasteiger charge is 2.17. The summed E-state index contributed by atoms with van der Waals surface area (Å²) in [4.78, 5) is 7.26. The SMILES string of the molecule is CCNC(=NCC(CCO)CC(C)C)NCCN(C)C1CCCCC1.I. The second-order valence-electron chi connectivity index (χ2n) is 7.93. The molecule has 6 heteroatoms. The fourth-order valence-corrected chi connectivity index (χ4v) is 3.75. The van der Waals surface area contributed by atoms with Crippen LogP contribution < -0.4 is 10.6 Å². The Hall–Kier alpha value is -0.0800. The number of hydrogen-bond acceptors (Lipinski definition) is 3. The van der Waals surface area contributed by atoms with E-state index in [0.717, 1.165) is 51.0 Å². The molecule has 0 radical (unpaired) electrons. The number of guanidine groups is 1. The van der Waals surface area contributed by atoms with E-state index in [0.29, 0.717) is 11.8 Å². The quantitative estimate of drug-likeness (QED) is 0.240. The normalized spacial score (nSPS) is 17.3. The molecule has 5 nitrogen and oxygen atoms in total. The highest BCUT2D eigenvalue weighted by atomic mass is 127. The maximum absolute atomic E-state index is 9.26. The molecule has 1 saturated carbocycles. The summed E-state index contributed by atoms with van der Waals surface area (Å²) < 4.78 is 0. The van der Waals surface area contributed by atoms with E-state index in [9.17, 15) is 5.11 Å². The number of aliphatic hydroxyl groups excluding tert-OH is 1. The average molecular weight is 482 g/mol. The molecule has 0 aromatic heterocycles. The first-order valence-corrected chi connectivity index (χ1v) is 10.4. The van der Waals surface area contributed by atoms with Gasteiger partial charge in [0.2, 0.25) is 0 Å². The Bertz CT molecular complexity index is 360. The van der Waals surface area contributed by atoms with Gasteiger partial charge in [0.1, 0.15) is 0 Å². The van der Waals surface area contributed by atoms with Crippen molar-refractivity contribution in [3.8, 4) is 0 Å². The van der Waals surface area contributed by atoms with Gasteiger partial charge < -0.3 is 20.6 Å². The van der Waals surface area contributed by atoms with E-state index in [2.05, 4.69) is 43.4 Å². The van der Waals surface area contributed by atoms with Crippen molar-refractivity contribution >= 4 is 29.9 Å². The highest BCUT2D eigenvalue weighted by Crippen LogP contribution is 2.21. The minimum absolute atomic E-state index is 0. The van der Waals surface area contributed by atoms with Gasteiger partial charge >= 0.3 is 0 Å². The van der Waals surface area contributed by atoms with Crippen molar-refractivity contribution in [3.63, 3.8) is 0 Å². The molecule has 0 spiro atoms. The lowest BCUT2D eigenvalue weighted by atomic mass is 9.94. The van der Waals surface area contributed by atoms with E-state index in [1.807, 2.05) is 0 Å². The Morgan fingerprint density at radius 2 is 1.88 bits per heavy atom. The van der Waals surface area contributed by atoms with Crippen LogP contribution in [0, 0.1) is 11.8 Å². The first kappa shape index (κ1) is 25.9. The van der Waals surface area contributed by atoms with Gasteiger partial charge in [-0.2, -0.15) is 0 Å². The molecule has 1 aliphatic carbocycles. The Morgan fingerprint density at radius 3 is 2.46 bits per heavy atom. The van der Waals surface area contributed by atoms with Crippen LogP contribution in [0.2, 0.25) is 0 Å². The molecule has 0 aromatic carbocycles. The van der Waals surface area contributed by atoms with Gasteiger partial charge in [-0.3, -0.25) is 4.99 Å². The minimum atomic E-state index is 0. The Kier molecular flexibility index (Phi) is 15.9. The van der Waals surface area contributed by atoms with Crippen molar-refractivity contribution in [2.24, 2.45) is 16.8 Å². The monoisotopic (exact) mass is 482 g/mol. The molecular weight excluding hydrogens is 439 g/mol. The lowest BCUT2D eigenvalue weighted by molar-refractivity contribution is 0.194. The van der Waals surface area contributed by atoms with Crippen molar-refractivity contribution in [3.05, 3.63) is 0 Å². The van der Waals surface area contributed by atoms with Crippen molar-refractivity contribution in [2.45, 2.75) is 71.8 Å². The molecule has 3 N–H and O–H groups in total.